The molecule has 194 valence electrons. The lowest BCUT2D eigenvalue weighted by molar-refractivity contribution is -0.122. The number of nitrogens with zero attached hydrogens (tertiary/aromatic N) is 2. The van der Waals surface area contributed by atoms with E-state index in [4.69, 9.17) is 17.0 Å². The maximum atomic E-state index is 13.6. The molecule has 0 saturated carbocycles. The van der Waals surface area contributed by atoms with Gasteiger partial charge in [0.05, 0.1) is 22.8 Å². The van der Waals surface area contributed by atoms with Crippen molar-refractivity contribution in [3.05, 3.63) is 59.0 Å². The summed E-state index contributed by atoms with van der Waals surface area (Å²) >= 11 is 6.67. The molecule has 0 spiro atoms. The quantitative estimate of drug-likeness (QED) is 0.228. The molecule has 2 heterocycles. The Balaban J connectivity index is 1.50. The zero-order chi connectivity index (χ0) is 26.4. The maximum Gasteiger partial charge on any atom is 0.267 e. The van der Waals surface area contributed by atoms with E-state index in [1.807, 2.05) is 25.1 Å². The Morgan fingerprint density at radius 1 is 0.946 bits per heavy atom. The lowest BCUT2D eigenvalue weighted by Gasteiger charge is -2.17. The number of rotatable bonds is 11. The fourth-order valence-electron chi connectivity index (χ4n) is 4.42. The lowest BCUT2D eigenvalue weighted by atomic mass is 10.1. The molecule has 37 heavy (non-hydrogen) atoms. The van der Waals surface area contributed by atoms with Gasteiger partial charge >= 0.3 is 0 Å². The van der Waals surface area contributed by atoms with Gasteiger partial charge in [-0.1, -0.05) is 74.8 Å². The summed E-state index contributed by atoms with van der Waals surface area (Å²) in [5, 5.41) is 2.83. The second kappa shape index (κ2) is 12.4. The number of amides is 3. The van der Waals surface area contributed by atoms with Crippen LogP contribution in [0.2, 0.25) is 0 Å². The number of carbonyl (C=O) groups excluding carboxylic acids is 3. The molecule has 1 N–H and O–H groups in total. The van der Waals surface area contributed by atoms with Crippen LogP contribution in [0.1, 0.15) is 51.5 Å². The standard InChI is InChI=1S/C28H31N3O4S2/c1-3-5-6-7-10-17-30-27(34)25(37-28(30)36)24-21-11-8-9-12-22(21)31(26(24)33)18-23(32)29-19-13-15-20(16-14-19)35-4-2/h8-9,11-16H,3-7,10,17-18H2,1-2H3,(H,29,32)/b25-24-. The largest absolute Gasteiger partial charge is 0.494 e. The molecule has 0 radical (unpaired) electrons. The molecule has 0 atom stereocenters. The Hall–Kier alpha value is -3.17. The first-order valence-electron chi connectivity index (χ1n) is 12.7. The predicted molar refractivity (Wildman–Crippen MR) is 153 cm³/mol. The molecule has 0 aromatic heterocycles. The molecule has 3 amide bonds. The molecular weight excluding hydrogens is 506 g/mol. The monoisotopic (exact) mass is 537 g/mol. The average molecular weight is 538 g/mol. The Morgan fingerprint density at radius 3 is 2.41 bits per heavy atom. The van der Waals surface area contributed by atoms with E-state index in [0.29, 0.717) is 50.6 Å². The van der Waals surface area contributed by atoms with Crippen molar-refractivity contribution >= 4 is 63.0 Å². The van der Waals surface area contributed by atoms with E-state index in [9.17, 15) is 14.4 Å². The second-order valence-electron chi connectivity index (χ2n) is 8.86. The Morgan fingerprint density at radius 2 is 1.68 bits per heavy atom. The third-order valence-corrected chi connectivity index (χ3v) is 7.68. The van der Waals surface area contributed by atoms with Gasteiger partial charge in [-0.25, -0.2) is 0 Å². The van der Waals surface area contributed by atoms with Crippen molar-refractivity contribution in [1.82, 2.24) is 4.90 Å². The molecule has 9 heteroatoms. The van der Waals surface area contributed by atoms with Crippen LogP contribution < -0.4 is 15.0 Å². The van der Waals surface area contributed by atoms with E-state index in [1.54, 1.807) is 35.2 Å². The van der Waals surface area contributed by atoms with Gasteiger partial charge in [0.1, 0.15) is 16.6 Å². The van der Waals surface area contributed by atoms with E-state index in [1.165, 1.54) is 23.1 Å². The van der Waals surface area contributed by atoms with E-state index >= 15 is 0 Å². The molecule has 2 aliphatic rings. The van der Waals surface area contributed by atoms with E-state index in [2.05, 4.69) is 12.2 Å². The SMILES string of the molecule is CCCCCCCN1C(=O)/C(=C2/C(=O)N(CC(=O)Nc3ccc(OCC)cc3)c3ccccc32)SC1=S. The minimum atomic E-state index is -0.369. The number of hydrogen-bond donors (Lipinski definition) is 1. The number of ether oxygens (including phenoxy) is 1. The summed E-state index contributed by atoms with van der Waals surface area (Å²) in [6.45, 7) is 5.00. The number of thioether (sulfide) groups is 1. The molecule has 1 saturated heterocycles. The van der Waals surface area contributed by atoms with Crippen LogP contribution in [0.4, 0.5) is 11.4 Å². The predicted octanol–water partition coefficient (Wildman–Crippen LogP) is 5.61. The van der Waals surface area contributed by atoms with Crippen molar-refractivity contribution in [2.24, 2.45) is 0 Å². The zero-order valence-electron chi connectivity index (χ0n) is 21.1. The van der Waals surface area contributed by atoms with Gasteiger partial charge in [-0.3, -0.25) is 24.2 Å². The molecule has 2 aliphatic heterocycles. The van der Waals surface area contributed by atoms with Crippen LogP contribution >= 0.6 is 24.0 Å². The first-order valence-corrected chi connectivity index (χ1v) is 13.9. The molecule has 4 rings (SSSR count). The summed E-state index contributed by atoms with van der Waals surface area (Å²) < 4.78 is 5.91. The molecule has 0 bridgehead atoms. The van der Waals surface area contributed by atoms with Gasteiger partial charge in [-0.2, -0.15) is 0 Å². The highest BCUT2D eigenvalue weighted by Gasteiger charge is 2.42. The van der Waals surface area contributed by atoms with E-state index in [0.717, 1.165) is 25.7 Å². The van der Waals surface area contributed by atoms with Gasteiger partial charge in [0.25, 0.3) is 11.8 Å². The summed E-state index contributed by atoms with van der Waals surface area (Å²) in [6, 6.07) is 14.3. The highest BCUT2D eigenvalue weighted by atomic mass is 32.2. The molecule has 2 aromatic rings. The fourth-order valence-corrected chi connectivity index (χ4v) is 5.80. The minimum absolute atomic E-state index is 0.176. The van der Waals surface area contributed by atoms with Gasteiger partial charge in [0.15, 0.2) is 0 Å². The molecule has 0 unspecified atom stereocenters. The fraction of sp³-hybridized carbons (Fsp3) is 0.357. The summed E-state index contributed by atoms with van der Waals surface area (Å²) in [5.41, 5.74) is 2.17. The minimum Gasteiger partial charge on any atom is -0.494 e. The van der Waals surface area contributed by atoms with Crippen molar-refractivity contribution in [3.8, 4) is 5.75 Å². The van der Waals surface area contributed by atoms with Gasteiger partial charge < -0.3 is 10.1 Å². The number of unbranched alkanes of at least 4 members (excludes halogenated alkanes) is 4. The van der Waals surface area contributed by atoms with Crippen molar-refractivity contribution < 1.29 is 19.1 Å². The number of fused-ring (bicyclic) bond motifs is 1. The van der Waals surface area contributed by atoms with Gasteiger partial charge in [0, 0.05) is 17.8 Å². The number of hydrogen-bond acceptors (Lipinski definition) is 6. The summed E-state index contributed by atoms with van der Waals surface area (Å²) in [6.07, 6.45) is 5.37. The molecule has 2 aromatic carbocycles. The Kier molecular flexibility index (Phi) is 9.00. The van der Waals surface area contributed by atoms with Gasteiger partial charge in [-0.15, -0.1) is 0 Å². The van der Waals surface area contributed by atoms with Crippen LogP contribution in [0.15, 0.2) is 53.4 Å². The first kappa shape index (κ1) is 26.9. The maximum absolute atomic E-state index is 13.6. The number of thiocarbonyl (C=S) groups is 1. The third kappa shape index (κ3) is 6.05. The topological polar surface area (TPSA) is 79.0 Å². The van der Waals surface area contributed by atoms with Gasteiger partial charge in [0.2, 0.25) is 5.91 Å². The number of carbonyl (C=O) groups is 3. The van der Waals surface area contributed by atoms with Crippen molar-refractivity contribution in [2.45, 2.75) is 46.0 Å². The Labute approximate surface area is 227 Å². The van der Waals surface area contributed by atoms with Crippen LogP contribution in [-0.2, 0) is 14.4 Å². The zero-order valence-corrected chi connectivity index (χ0v) is 22.8. The first-order chi connectivity index (χ1) is 17.9. The number of anilines is 2. The number of nitrogens with one attached hydrogen (secondary N) is 1. The van der Waals surface area contributed by atoms with Crippen LogP contribution in [0.25, 0.3) is 5.57 Å². The van der Waals surface area contributed by atoms with Crippen molar-refractivity contribution in [2.75, 3.05) is 29.9 Å². The lowest BCUT2D eigenvalue weighted by Crippen LogP contribution is -2.35. The van der Waals surface area contributed by atoms with Crippen LogP contribution in [-0.4, -0.2) is 46.6 Å². The molecule has 7 nitrogen and oxygen atoms in total. The van der Waals surface area contributed by atoms with Gasteiger partial charge in [-0.05, 0) is 43.7 Å². The average Bonchev–Trinajstić information content (AvgIpc) is 3.32. The van der Waals surface area contributed by atoms with Crippen LogP contribution in [0, 0.1) is 0 Å². The Bertz CT molecular complexity index is 1230. The molecule has 1 fully saturated rings. The molecular formula is C28H31N3O4S2. The summed E-state index contributed by atoms with van der Waals surface area (Å²) in [5.74, 6) is -0.226. The second-order valence-corrected chi connectivity index (χ2v) is 10.5. The van der Waals surface area contributed by atoms with Crippen molar-refractivity contribution in [1.29, 1.82) is 0 Å². The smallest absolute Gasteiger partial charge is 0.267 e. The molecule has 0 aliphatic carbocycles. The normalized spacial score (nSPS) is 17.0. The van der Waals surface area contributed by atoms with Crippen molar-refractivity contribution in [3.63, 3.8) is 0 Å². The van der Waals surface area contributed by atoms with Crippen LogP contribution in [0.5, 0.6) is 5.75 Å². The van der Waals surface area contributed by atoms with E-state index in [-0.39, 0.29) is 24.3 Å². The third-order valence-electron chi connectivity index (χ3n) is 6.24. The number of para-hydroxylation sites is 1. The summed E-state index contributed by atoms with van der Waals surface area (Å²) in [4.78, 5) is 43.1. The number of benzene rings is 2. The highest BCUT2D eigenvalue weighted by molar-refractivity contribution is 8.26. The van der Waals surface area contributed by atoms with Crippen LogP contribution in [0.3, 0.4) is 0 Å². The highest BCUT2D eigenvalue weighted by Crippen LogP contribution is 2.44. The van der Waals surface area contributed by atoms with E-state index < -0.39 is 0 Å². The summed E-state index contributed by atoms with van der Waals surface area (Å²) in [7, 11) is 0.